The molecule has 0 aliphatic heterocycles. The zero-order valence-corrected chi connectivity index (χ0v) is 15.1. The number of rotatable bonds is 6. The smallest absolute Gasteiger partial charge is 0.126 e. The summed E-state index contributed by atoms with van der Waals surface area (Å²) < 4.78 is 5.61. The Morgan fingerprint density at radius 1 is 1.17 bits per heavy atom. The largest absolute Gasteiger partial charge is 0.496 e. The molecule has 1 fully saturated rings. The highest BCUT2D eigenvalue weighted by atomic mass is 16.5. The minimum atomic E-state index is -0.0430. The molecule has 0 atom stereocenters. The first-order chi connectivity index (χ1) is 11.5. The van der Waals surface area contributed by atoms with E-state index >= 15 is 0 Å². The van der Waals surface area contributed by atoms with E-state index in [1.807, 2.05) is 6.07 Å². The molecule has 0 unspecified atom stereocenters. The first kappa shape index (κ1) is 17.0. The Kier molecular flexibility index (Phi) is 4.64. The number of methoxy groups -OCH3 is 1. The second-order valence-corrected chi connectivity index (χ2v) is 7.09. The molecule has 2 aromatic rings. The molecule has 3 rings (SSSR count). The van der Waals surface area contributed by atoms with E-state index in [0.29, 0.717) is 5.92 Å². The van der Waals surface area contributed by atoms with Gasteiger partial charge in [0.15, 0.2) is 0 Å². The maximum absolute atomic E-state index is 9.75. The van der Waals surface area contributed by atoms with Crippen LogP contribution in [0.4, 0.5) is 0 Å². The number of pyridine rings is 1. The molecule has 1 aliphatic carbocycles. The number of aliphatic hydroxyl groups is 1. The van der Waals surface area contributed by atoms with Gasteiger partial charge in [0.25, 0.3) is 0 Å². The lowest BCUT2D eigenvalue weighted by molar-refractivity contribution is 0.255. The normalized spacial score (nSPS) is 15.6. The fourth-order valence-corrected chi connectivity index (χ4v) is 3.29. The van der Waals surface area contributed by atoms with Gasteiger partial charge in [0.2, 0.25) is 0 Å². The number of hydrogen-bond donors (Lipinski definition) is 1. The summed E-state index contributed by atoms with van der Waals surface area (Å²) >= 11 is 0. The van der Waals surface area contributed by atoms with E-state index in [2.05, 4.69) is 45.0 Å². The van der Waals surface area contributed by atoms with Crippen molar-refractivity contribution in [3.05, 3.63) is 47.3 Å². The van der Waals surface area contributed by atoms with Gasteiger partial charge in [-0.15, -0.1) is 0 Å². The molecular weight excluding hydrogens is 298 g/mol. The summed E-state index contributed by atoms with van der Waals surface area (Å²) in [5.74, 6) is 1.28. The first-order valence-corrected chi connectivity index (χ1v) is 8.84. The van der Waals surface area contributed by atoms with Crippen molar-refractivity contribution in [2.45, 2.75) is 51.4 Å². The summed E-state index contributed by atoms with van der Waals surface area (Å²) in [4.78, 5) is 4.87. The van der Waals surface area contributed by atoms with Gasteiger partial charge in [0, 0.05) is 27.9 Å². The van der Waals surface area contributed by atoms with Crippen LogP contribution in [-0.4, -0.2) is 23.8 Å². The highest BCUT2D eigenvalue weighted by Gasteiger charge is 2.43. The van der Waals surface area contributed by atoms with E-state index in [1.54, 1.807) is 7.11 Å². The molecular formula is C21H27NO2. The van der Waals surface area contributed by atoms with Crippen LogP contribution in [0.1, 0.15) is 56.5 Å². The van der Waals surface area contributed by atoms with Gasteiger partial charge < -0.3 is 9.84 Å². The lowest BCUT2D eigenvalue weighted by Crippen LogP contribution is -2.12. The number of aryl methyl sites for hydroxylation is 1. The molecule has 3 nitrogen and oxygen atoms in total. The van der Waals surface area contributed by atoms with Gasteiger partial charge >= 0.3 is 0 Å². The molecule has 0 saturated heterocycles. The number of hydrogen-bond acceptors (Lipinski definition) is 3. The van der Waals surface area contributed by atoms with Gasteiger partial charge in [0.05, 0.1) is 13.7 Å². The number of benzene rings is 1. The third kappa shape index (κ3) is 2.93. The van der Waals surface area contributed by atoms with Crippen LogP contribution in [0.25, 0.3) is 11.1 Å². The zero-order valence-electron chi connectivity index (χ0n) is 15.1. The molecule has 24 heavy (non-hydrogen) atoms. The SMILES string of the molecule is CCc1nc(C(C)C)ccc1-c1cc(C2(CO)CC2)ccc1OC. The summed E-state index contributed by atoms with van der Waals surface area (Å²) in [6.07, 6.45) is 3.00. The highest BCUT2D eigenvalue weighted by molar-refractivity contribution is 5.74. The maximum Gasteiger partial charge on any atom is 0.126 e. The Bertz CT molecular complexity index is 733. The van der Waals surface area contributed by atoms with Crippen LogP contribution in [0.3, 0.4) is 0 Å². The molecule has 1 aliphatic rings. The lowest BCUT2D eigenvalue weighted by Gasteiger charge is -2.18. The Hall–Kier alpha value is -1.87. The van der Waals surface area contributed by atoms with E-state index in [-0.39, 0.29) is 12.0 Å². The van der Waals surface area contributed by atoms with Crippen LogP contribution in [0.5, 0.6) is 5.75 Å². The predicted octanol–water partition coefficient (Wildman–Crippen LogP) is 4.47. The van der Waals surface area contributed by atoms with E-state index in [4.69, 9.17) is 9.72 Å². The van der Waals surface area contributed by atoms with Gasteiger partial charge in [-0.2, -0.15) is 0 Å². The van der Waals surface area contributed by atoms with Crippen LogP contribution < -0.4 is 4.74 Å². The van der Waals surface area contributed by atoms with Crippen molar-refractivity contribution in [1.82, 2.24) is 4.98 Å². The van der Waals surface area contributed by atoms with Crippen LogP contribution in [0.2, 0.25) is 0 Å². The summed E-state index contributed by atoms with van der Waals surface area (Å²) in [5.41, 5.74) is 5.60. The second-order valence-electron chi connectivity index (χ2n) is 7.09. The maximum atomic E-state index is 9.75. The standard InChI is InChI=1S/C21H27NO2/c1-5-18-16(7-8-19(22-18)14(2)3)17-12-15(6-9-20(17)24-4)21(13-23)10-11-21/h6-9,12,14,23H,5,10-11,13H2,1-4H3. The van der Waals surface area contributed by atoms with Crippen LogP contribution in [0, 0.1) is 0 Å². The Morgan fingerprint density at radius 3 is 2.46 bits per heavy atom. The van der Waals surface area contributed by atoms with Gasteiger partial charge in [-0.25, -0.2) is 0 Å². The highest BCUT2D eigenvalue weighted by Crippen LogP contribution is 2.49. The number of aliphatic hydroxyl groups excluding tert-OH is 1. The van der Waals surface area contributed by atoms with E-state index < -0.39 is 0 Å². The summed E-state index contributed by atoms with van der Waals surface area (Å²) in [6, 6.07) is 10.6. The average molecular weight is 325 g/mol. The first-order valence-electron chi connectivity index (χ1n) is 8.84. The van der Waals surface area contributed by atoms with E-state index in [9.17, 15) is 5.11 Å². The van der Waals surface area contributed by atoms with Crippen molar-refractivity contribution < 1.29 is 9.84 Å². The Morgan fingerprint density at radius 2 is 1.92 bits per heavy atom. The van der Waals surface area contributed by atoms with Crippen molar-refractivity contribution in [3.8, 4) is 16.9 Å². The summed E-state index contributed by atoms with van der Waals surface area (Å²) in [5, 5.41) is 9.75. The molecule has 1 aromatic heterocycles. The monoisotopic (exact) mass is 325 g/mol. The minimum absolute atomic E-state index is 0.0430. The van der Waals surface area contributed by atoms with Gasteiger partial charge in [-0.3, -0.25) is 4.98 Å². The molecule has 1 N–H and O–H groups in total. The summed E-state index contributed by atoms with van der Waals surface area (Å²) in [6.45, 7) is 6.69. The Labute approximate surface area is 144 Å². The van der Waals surface area contributed by atoms with Crippen molar-refractivity contribution >= 4 is 0 Å². The number of nitrogens with zero attached hydrogens (tertiary/aromatic N) is 1. The fraction of sp³-hybridized carbons (Fsp3) is 0.476. The predicted molar refractivity (Wildman–Crippen MR) is 97.7 cm³/mol. The van der Waals surface area contributed by atoms with Crippen molar-refractivity contribution in [3.63, 3.8) is 0 Å². The topological polar surface area (TPSA) is 42.4 Å². The van der Waals surface area contributed by atoms with Crippen molar-refractivity contribution in [1.29, 1.82) is 0 Å². The van der Waals surface area contributed by atoms with Crippen LogP contribution in [-0.2, 0) is 11.8 Å². The van der Waals surface area contributed by atoms with Gasteiger partial charge in [0.1, 0.15) is 5.75 Å². The molecule has 1 saturated carbocycles. The number of aromatic nitrogens is 1. The average Bonchev–Trinajstić information content (AvgIpc) is 3.41. The van der Waals surface area contributed by atoms with E-state index in [1.165, 1.54) is 5.56 Å². The molecule has 3 heteroatoms. The number of ether oxygens (including phenoxy) is 1. The summed E-state index contributed by atoms with van der Waals surface area (Å²) in [7, 11) is 1.71. The molecule has 1 aromatic carbocycles. The third-order valence-electron chi connectivity index (χ3n) is 5.18. The molecule has 0 radical (unpaired) electrons. The molecule has 1 heterocycles. The van der Waals surface area contributed by atoms with Gasteiger partial charge in [-0.1, -0.05) is 32.9 Å². The quantitative estimate of drug-likeness (QED) is 0.852. The molecule has 0 amide bonds. The third-order valence-corrected chi connectivity index (χ3v) is 5.18. The fourth-order valence-electron chi connectivity index (χ4n) is 3.29. The molecule has 0 bridgehead atoms. The Balaban J connectivity index is 2.12. The van der Waals surface area contributed by atoms with Crippen molar-refractivity contribution in [2.24, 2.45) is 0 Å². The van der Waals surface area contributed by atoms with Crippen LogP contribution >= 0.6 is 0 Å². The lowest BCUT2D eigenvalue weighted by atomic mass is 9.91. The van der Waals surface area contributed by atoms with E-state index in [0.717, 1.165) is 47.5 Å². The van der Waals surface area contributed by atoms with Gasteiger partial charge in [-0.05, 0) is 48.9 Å². The van der Waals surface area contributed by atoms with Crippen LogP contribution in [0.15, 0.2) is 30.3 Å². The molecule has 128 valence electrons. The minimum Gasteiger partial charge on any atom is -0.496 e. The molecule has 0 spiro atoms. The zero-order chi connectivity index (χ0) is 17.3. The van der Waals surface area contributed by atoms with Crippen molar-refractivity contribution in [2.75, 3.05) is 13.7 Å². The second kappa shape index (κ2) is 6.56.